The summed E-state index contributed by atoms with van der Waals surface area (Å²) in [6.07, 6.45) is 0. The SMILES string of the molecule is Nc1c(Cl)ccc(S(=O)(=O)Nc2ccc(Br)cc2Cl)c1Cl. The van der Waals surface area contributed by atoms with Crippen LogP contribution in [0.1, 0.15) is 0 Å². The maximum Gasteiger partial charge on any atom is 0.263 e. The van der Waals surface area contributed by atoms with E-state index < -0.39 is 10.0 Å². The van der Waals surface area contributed by atoms with E-state index >= 15 is 0 Å². The Morgan fingerprint density at radius 3 is 2.33 bits per heavy atom. The van der Waals surface area contributed by atoms with Gasteiger partial charge in [0.1, 0.15) is 4.90 Å². The van der Waals surface area contributed by atoms with Crippen LogP contribution in [0.5, 0.6) is 0 Å². The number of hydrogen-bond acceptors (Lipinski definition) is 3. The normalized spacial score (nSPS) is 11.4. The van der Waals surface area contributed by atoms with Gasteiger partial charge in [-0.2, -0.15) is 0 Å². The minimum absolute atomic E-state index is 0.00288. The van der Waals surface area contributed by atoms with E-state index in [1.807, 2.05) is 0 Å². The first-order valence-corrected chi connectivity index (χ1v) is 8.84. The van der Waals surface area contributed by atoms with Gasteiger partial charge >= 0.3 is 0 Å². The van der Waals surface area contributed by atoms with Crippen LogP contribution in [0.2, 0.25) is 15.1 Å². The first-order valence-electron chi connectivity index (χ1n) is 5.43. The maximum atomic E-state index is 12.4. The Labute approximate surface area is 145 Å². The molecule has 112 valence electrons. The van der Waals surface area contributed by atoms with Crippen molar-refractivity contribution < 1.29 is 8.42 Å². The molecule has 0 saturated heterocycles. The average Bonchev–Trinajstić information content (AvgIpc) is 2.39. The number of anilines is 2. The summed E-state index contributed by atoms with van der Waals surface area (Å²) in [5.74, 6) is 0. The van der Waals surface area contributed by atoms with Crippen LogP contribution in [0.4, 0.5) is 11.4 Å². The number of nitrogen functional groups attached to an aromatic ring is 1. The van der Waals surface area contributed by atoms with E-state index in [4.69, 9.17) is 40.5 Å². The molecule has 2 aromatic carbocycles. The number of sulfonamides is 1. The molecule has 0 heterocycles. The molecule has 0 atom stereocenters. The summed E-state index contributed by atoms with van der Waals surface area (Å²) in [5.41, 5.74) is 5.86. The highest BCUT2D eigenvalue weighted by Gasteiger charge is 2.21. The van der Waals surface area contributed by atoms with Crippen molar-refractivity contribution in [2.75, 3.05) is 10.5 Å². The lowest BCUT2D eigenvalue weighted by Gasteiger charge is -2.12. The number of rotatable bonds is 3. The quantitative estimate of drug-likeness (QED) is 0.688. The van der Waals surface area contributed by atoms with Crippen molar-refractivity contribution in [2.24, 2.45) is 0 Å². The molecule has 0 aliphatic heterocycles. The van der Waals surface area contributed by atoms with Crippen LogP contribution in [0.3, 0.4) is 0 Å². The summed E-state index contributed by atoms with van der Waals surface area (Å²) >= 11 is 21.0. The minimum atomic E-state index is -3.94. The topological polar surface area (TPSA) is 72.2 Å². The number of benzene rings is 2. The molecule has 0 spiro atoms. The van der Waals surface area contributed by atoms with Gasteiger partial charge in [0.15, 0.2) is 0 Å². The van der Waals surface area contributed by atoms with Gasteiger partial charge in [0.25, 0.3) is 10.0 Å². The second kappa shape index (κ2) is 6.22. The molecule has 21 heavy (non-hydrogen) atoms. The molecular weight excluding hydrogens is 422 g/mol. The molecule has 0 aromatic heterocycles. The Kier molecular flexibility index (Phi) is 4.95. The van der Waals surface area contributed by atoms with Crippen molar-refractivity contribution >= 4 is 72.1 Å². The van der Waals surface area contributed by atoms with Crippen molar-refractivity contribution in [2.45, 2.75) is 4.90 Å². The Morgan fingerprint density at radius 1 is 1.05 bits per heavy atom. The highest BCUT2D eigenvalue weighted by molar-refractivity contribution is 9.10. The van der Waals surface area contributed by atoms with E-state index in [-0.39, 0.29) is 31.3 Å². The number of hydrogen-bond donors (Lipinski definition) is 2. The fourth-order valence-corrected chi connectivity index (χ4v) is 4.15. The lowest BCUT2D eigenvalue weighted by Crippen LogP contribution is -2.14. The zero-order valence-electron chi connectivity index (χ0n) is 10.2. The van der Waals surface area contributed by atoms with Gasteiger partial charge in [0.05, 0.1) is 26.4 Å². The highest BCUT2D eigenvalue weighted by atomic mass is 79.9. The predicted molar refractivity (Wildman–Crippen MR) is 90.8 cm³/mol. The number of nitrogens with one attached hydrogen (secondary N) is 1. The molecule has 4 nitrogen and oxygen atoms in total. The van der Waals surface area contributed by atoms with E-state index in [9.17, 15) is 8.42 Å². The molecular formula is C12H8BrCl3N2O2S. The first kappa shape index (κ1) is 16.7. The second-order valence-electron chi connectivity index (χ2n) is 4.00. The van der Waals surface area contributed by atoms with Crippen LogP contribution in [0, 0.1) is 0 Å². The fraction of sp³-hybridized carbons (Fsp3) is 0. The molecule has 0 unspecified atom stereocenters. The van der Waals surface area contributed by atoms with Crippen molar-refractivity contribution in [3.8, 4) is 0 Å². The zero-order valence-corrected chi connectivity index (χ0v) is 14.9. The standard InChI is InChI=1S/C12H8BrCl3N2O2S/c13-6-1-3-9(8(15)5-6)18-21(19,20)10-4-2-7(14)12(17)11(10)16/h1-5,18H,17H2. The van der Waals surface area contributed by atoms with Gasteiger partial charge in [-0.05, 0) is 30.3 Å². The number of halogens is 4. The summed E-state index contributed by atoms with van der Waals surface area (Å²) in [4.78, 5) is -0.176. The zero-order chi connectivity index (χ0) is 15.8. The highest BCUT2D eigenvalue weighted by Crippen LogP contribution is 2.35. The van der Waals surface area contributed by atoms with Gasteiger partial charge in [-0.25, -0.2) is 8.42 Å². The predicted octanol–water partition coefficient (Wildman–Crippen LogP) is 4.79. The lowest BCUT2D eigenvalue weighted by molar-refractivity contribution is 0.601. The van der Waals surface area contributed by atoms with E-state index in [1.54, 1.807) is 12.1 Å². The number of nitrogens with two attached hydrogens (primary N) is 1. The molecule has 0 aliphatic carbocycles. The molecule has 0 amide bonds. The van der Waals surface area contributed by atoms with Gasteiger partial charge in [-0.1, -0.05) is 50.7 Å². The molecule has 0 bridgehead atoms. The van der Waals surface area contributed by atoms with Gasteiger partial charge in [0, 0.05) is 4.47 Å². The molecule has 3 N–H and O–H groups in total. The third-order valence-corrected chi connectivity index (χ3v) is 5.62. The Balaban J connectivity index is 2.46. The molecule has 9 heteroatoms. The van der Waals surface area contributed by atoms with Crippen LogP contribution in [0.25, 0.3) is 0 Å². The van der Waals surface area contributed by atoms with E-state index in [0.29, 0.717) is 0 Å². The summed E-state index contributed by atoms with van der Waals surface area (Å²) in [6, 6.07) is 7.38. The minimum Gasteiger partial charge on any atom is -0.396 e. The van der Waals surface area contributed by atoms with Crippen LogP contribution in [0.15, 0.2) is 39.7 Å². The van der Waals surface area contributed by atoms with E-state index in [1.165, 1.54) is 18.2 Å². The van der Waals surface area contributed by atoms with E-state index in [0.717, 1.165) is 4.47 Å². The summed E-state index contributed by atoms with van der Waals surface area (Å²) in [6.45, 7) is 0. The Hall–Kier alpha value is -0.660. The van der Waals surface area contributed by atoms with Crippen molar-refractivity contribution in [3.63, 3.8) is 0 Å². The smallest absolute Gasteiger partial charge is 0.263 e. The van der Waals surface area contributed by atoms with Gasteiger partial charge in [-0.15, -0.1) is 0 Å². The van der Waals surface area contributed by atoms with Crippen LogP contribution in [-0.2, 0) is 10.0 Å². The average molecular weight is 431 g/mol. The van der Waals surface area contributed by atoms with Crippen molar-refractivity contribution in [3.05, 3.63) is 49.9 Å². The third-order valence-electron chi connectivity index (χ3n) is 2.56. The first-order chi connectivity index (χ1) is 9.72. The molecule has 2 aromatic rings. The molecule has 2 rings (SSSR count). The summed E-state index contributed by atoms with van der Waals surface area (Å²) in [7, 11) is -3.94. The monoisotopic (exact) mass is 428 g/mol. The molecule has 0 fully saturated rings. The van der Waals surface area contributed by atoms with Crippen LogP contribution >= 0.6 is 50.7 Å². The summed E-state index contributed by atoms with van der Waals surface area (Å²) < 4.78 is 27.8. The molecule has 0 saturated carbocycles. The summed E-state index contributed by atoms with van der Waals surface area (Å²) in [5, 5.41) is 0.287. The van der Waals surface area contributed by atoms with E-state index in [2.05, 4.69) is 20.7 Å². The fourth-order valence-electron chi connectivity index (χ4n) is 1.53. The van der Waals surface area contributed by atoms with Crippen molar-refractivity contribution in [1.82, 2.24) is 0 Å². The lowest BCUT2D eigenvalue weighted by atomic mass is 10.3. The van der Waals surface area contributed by atoms with Crippen LogP contribution in [-0.4, -0.2) is 8.42 Å². The van der Waals surface area contributed by atoms with Gasteiger partial charge < -0.3 is 5.73 Å². The van der Waals surface area contributed by atoms with Crippen LogP contribution < -0.4 is 10.5 Å². The third kappa shape index (κ3) is 3.57. The largest absolute Gasteiger partial charge is 0.396 e. The second-order valence-corrected chi connectivity index (χ2v) is 7.76. The van der Waals surface area contributed by atoms with Gasteiger partial charge in [0.2, 0.25) is 0 Å². The Morgan fingerprint density at radius 2 is 1.71 bits per heavy atom. The molecule has 0 radical (unpaired) electrons. The maximum absolute atomic E-state index is 12.4. The molecule has 0 aliphatic rings. The van der Waals surface area contributed by atoms with Gasteiger partial charge in [-0.3, -0.25) is 4.72 Å². The Bertz CT molecular complexity index is 812. The van der Waals surface area contributed by atoms with Crippen molar-refractivity contribution in [1.29, 1.82) is 0 Å².